The minimum Gasteiger partial charge on any atom is -0.444 e. The Kier molecular flexibility index (Phi) is 4.30. The molecule has 19 heavy (non-hydrogen) atoms. The van der Waals surface area contributed by atoms with E-state index in [4.69, 9.17) is 4.42 Å². The molecule has 1 aromatic heterocycles. The number of aryl methyl sites for hydroxylation is 2. The van der Waals surface area contributed by atoms with Crippen LogP contribution in [0.1, 0.15) is 17.3 Å². The van der Waals surface area contributed by atoms with E-state index < -0.39 is 0 Å². The van der Waals surface area contributed by atoms with Crippen LogP contribution in [0.4, 0.5) is 5.69 Å². The van der Waals surface area contributed by atoms with E-state index in [0.717, 1.165) is 17.1 Å². The quantitative estimate of drug-likeness (QED) is 0.862. The first-order valence-electron chi connectivity index (χ1n) is 6.13. The molecular weight excluding hydrogens is 242 g/mol. The highest BCUT2D eigenvalue weighted by Crippen LogP contribution is 2.07. The number of oxazole rings is 1. The molecule has 2 rings (SSSR count). The number of amides is 1. The van der Waals surface area contributed by atoms with E-state index in [1.165, 1.54) is 0 Å². The van der Waals surface area contributed by atoms with Crippen molar-refractivity contribution in [2.24, 2.45) is 0 Å². The zero-order valence-electron chi connectivity index (χ0n) is 11.1. The van der Waals surface area contributed by atoms with Crippen molar-refractivity contribution in [2.45, 2.75) is 20.4 Å². The second-order valence-corrected chi connectivity index (χ2v) is 4.27. The SMILES string of the molecule is Cc1nc(CNCC(=O)Nc2ccccc2)oc1C. The monoisotopic (exact) mass is 259 g/mol. The molecular formula is C14H17N3O2. The van der Waals surface area contributed by atoms with E-state index in [-0.39, 0.29) is 12.5 Å². The lowest BCUT2D eigenvalue weighted by molar-refractivity contribution is -0.115. The van der Waals surface area contributed by atoms with Crippen molar-refractivity contribution >= 4 is 11.6 Å². The summed E-state index contributed by atoms with van der Waals surface area (Å²) in [5, 5.41) is 5.79. The van der Waals surface area contributed by atoms with Crippen molar-refractivity contribution < 1.29 is 9.21 Å². The summed E-state index contributed by atoms with van der Waals surface area (Å²) in [4.78, 5) is 15.9. The Hall–Kier alpha value is -2.14. The van der Waals surface area contributed by atoms with Gasteiger partial charge in [0.05, 0.1) is 18.8 Å². The Bertz CT molecular complexity index is 530. The summed E-state index contributed by atoms with van der Waals surface area (Å²) in [5.41, 5.74) is 1.67. The van der Waals surface area contributed by atoms with E-state index in [1.54, 1.807) is 0 Å². The van der Waals surface area contributed by atoms with Crippen molar-refractivity contribution in [3.05, 3.63) is 47.7 Å². The smallest absolute Gasteiger partial charge is 0.238 e. The van der Waals surface area contributed by atoms with Crippen LogP contribution in [0, 0.1) is 13.8 Å². The maximum atomic E-state index is 11.7. The van der Waals surface area contributed by atoms with Crippen molar-refractivity contribution in [3.8, 4) is 0 Å². The fourth-order valence-electron chi connectivity index (χ4n) is 1.62. The van der Waals surface area contributed by atoms with Crippen LogP contribution in [0.25, 0.3) is 0 Å². The van der Waals surface area contributed by atoms with Gasteiger partial charge in [-0.1, -0.05) is 18.2 Å². The first kappa shape index (κ1) is 13.3. The van der Waals surface area contributed by atoms with Crippen LogP contribution in [0.2, 0.25) is 0 Å². The van der Waals surface area contributed by atoms with Crippen molar-refractivity contribution in [1.82, 2.24) is 10.3 Å². The summed E-state index contributed by atoms with van der Waals surface area (Å²) >= 11 is 0. The van der Waals surface area contributed by atoms with E-state index in [0.29, 0.717) is 12.4 Å². The van der Waals surface area contributed by atoms with Gasteiger partial charge in [0, 0.05) is 5.69 Å². The first-order valence-corrected chi connectivity index (χ1v) is 6.13. The van der Waals surface area contributed by atoms with Gasteiger partial charge < -0.3 is 9.73 Å². The molecule has 1 heterocycles. The molecule has 0 saturated heterocycles. The number of para-hydroxylation sites is 1. The minimum atomic E-state index is -0.0915. The summed E-state index contributed by atoms with van der Waals surface area (Å²) in [5.74, 6) is 1.32. The lowest BCUT2D eigenvalue weighted by Gasteiger charge is -2.05. The van der Waals surface area contributed by atoms with Crippen LogP contribution in [-0.4, -0.2) is 17.4 Å². The zero-order chi connectivity index (χ0) is 13.7. The minimum absolute atomic E-state index is 0.0915. The third kappa shape index (κ3) is 3.93. The van der Waals surface area contributed by atoms with Gasteiger partial charge in [-0.2, -0.15) is 0 Å². The molecule has 0 fully saturated rings. The van der Waals surface area contributed by atoms with Crippen LogP contribution < -0.4 is 10.6 Å². The van der Waals surface area contributed by atoms with E-state index in [9.17, 15) is 4.79 Å². The molecule has 0 saturated carbocycles. The van der Waals surface area contributed by atoms with E-state index in [1.807, 2.05) is 44.2 Å². The Morgan fingerprint density at radius 2 is 2.00 bits per heavy atom. The predicted molar refractivity (Wildman–Crippen MR) is 72.8 cm³/mol. The summed E-state index contributed by atoms with van der Waals surface area (Å²) in [6, 6.07) is 9.35. The zero-order valence-corrected chi connectivity index (χ0v) is 11.1. The van der Waals surface area contributed by atoms with Crippen molar-refractivity contribution in [1.29, 1.82) is 0 Å². The highest BCUT2D eigenvalue weighted by Gasteiger charge is 2.06. The lowest BCUT2D eigenvalue weighted by atomic mass is 10.3. The molecule has 0 aliphatic heterocycles. The van der Waals surface area contributed by atoms with Gasteiger partial charge in [0.1, 0.15) is 5.76 Å². The molecule has 0 aliphatic rings. The van der Waals surface area contributed by atoms with Crippen LogP contribution in [0.15, 0.2) is 34.7 Å². The number of benzene rings is 1. The summed E-state index contributed by atoms with van der Waals surface area (Å²) < 4.78 is 5.41. The number of hydrogen-bond acceptors (Lipinski definition) is 4. The lowest BCUT2D eigenvalue weighted by Crippen LogP contribution is -2.27. The van der Waals surface area contributed by atoms with Crippen LogP contribution in [0.3, 0.4) is 0 Å². The highest BCUT2D eigenvalue weighted by atomic mass is 16.4. The Morgan fingerprint density at radius 3 is 2.63 bits per heavy atom. The van der Waals surface area contributed by atoms with Crippen molar-refractivity contribution in [2.75, 3.05) is 11.9 Å². The molecule has 0 radical (unpaired) electrons. The number of nitrogens with zero attached hydrogens (tertiary/aromatic N) is 1. The van der Waals surface area contributed by atoms with Crippen molar-refractivity contribution in [3.63, 3.8) is 0 Å². The van der Waals surface area contributed by atoms with E-state index >= 15 is 0 Å². The van der Waals surface area contributed by atoms with Gasteiger partial charge >= 0.3 is 0 Å². The Morgan fingerprint density at radius 1 is 1.26 bits per heavy atom. The standard InChI is InChI=1S/C14H17N3O2/c1-10-11(2)19-14(16-10)9-15-8-13(18)17-12-6-4-3-5-7-12/h3-7,15H,8-9H2,1-2H3,(H,17,18). The molecule has 0 unspecified atom stereocenters. The third-order valence-electron chi connectivity index (χ3n) is 2.69. The maximum Gasteiger partial charge on any atom is 0.238 e. The summed E-state index contributed by atoms with van der Waals surface area (Å²) in [7, 11) is 0. The molecule has 0 atom stereocenters. The summed E-state index contributed by atoms with van der Waals surface area (Å²) in [6.45, 7) is 4.42. The largest absolute Gasteiger partial charge is 0.444 e. The van der Waals surface area contributed by atoms with Gasteiger partial charge in [0.15, 0.2) is 0 Å². The first-order chi connectivity index (χ1) is 9.15. The highest BCUT2D eigenvalue weighted by molar-refractivity contribution is 5.92. The molecule has 2 aromatic rings. The molecule has 2 N–H and O–H groups in total. The predicted octanol–water partition coefficient (Wildman–Crippen LogP) is 2.02. The normalized spacial score (nSPS) is 10.4. The number of rotatable bonds is 5. The number of carbonyl (C=O) groups excluding carboxylic acids is 1. The van der Waals surface area contributed by atoms with Crippen LogP contribution >= 0.6 is 0 Å². The Labute approximate surface area is 112 Å². The molecule has 5 nitrogen and oxygen atoms in total. The molecule has 1 amide bonds. The van der Waals surface area contributed by atoms with Gasteiger partial charge in [-0.15, -0.1) is 0 Å². The number of nitrogens with one attached hydrogen (secondary N) is 2. The van der Waals surface area contributed by atoms with Gasteiger partial charge in [-0.25, -0.2) is 4.98 Å². The molecule has 0 spiro atoms. The van der Waals surface area contributed by atoms with Gasteiger partial charge in [-0.3, -0.25) is 10.1 Å². The fraction of sp³-hybridized carbons (Fsp3) is 0.286. The number of carbonyl (C=O) groups is 1. The average Bonchev–Trinajstić information content (AvgIpc) is 2.70. The number of aromatic nitrogens is 1. The topological polar surface area (TPSA) is 67.2 Å². The molecule has 0 bridgehead atoms. The van der Waals surface area contributed by atoms with Gasteiger partial charge in [0.2, 0.25) is 11.8 Å². The second kappa shape index (κ2) is 6.15. The summed E-state index contributed by atoms with van der Waals surface area (Å²) in [6.07, 6.45) is 0. The maximum absolute atomic E-state index is 11.7. The van der Waals surface area contributed by atoms with Crippen LogP contribution in [0.5, 0.6) is 0 Å². The fourth-order valence-corrected chi connectivity index (χ4v) is 1.62. The molecule has 5 heteroatoms. The molecule has 1 aromatic carbocycles. The molecule has 0 aliphatic carbocycles. The average molecular weight is 259 g/mol. The number of hydrogen-bond donors (Lipinski definition) is 2. The number of anilines is 1. The van der Waals surface area contributed by atoms with Crippen LogP contribution in [-0.2, 0) is 11.3 Å². The second-order valence-electron chi connectivity index (χ2n) is 4.27. The van der Waals surface area contributed by atoms with Gasteiger partial charge in [0.25, 0.3) is 0 Å². The Balaban J connectivity index is 1.75. The molecule has 100 valence electrons. The van der Waals surface area contributed by atoms with E-state index in [2.05, 4.69) is 15.6 Å². The van der Waals surface area contributed by atoms with Gasteiger partial charge in [-0.05, 0) is 26.0 Å². The third-order valence-corrected chi connectivity index (χ3v) is 2.69.